The molecule has 0 radical (unpaired) electrons. The summed E-state index contributed by atoms with van der Waals surface area (Å²) in [6.07, 6.45) is 7.78. The van der Waals surface area contributed by atoms with Gasteiger partial charge in [0.1, 0.15) is 12.1 Å². The van der Waals surface area contributed by atoms with Crippen molar-refractivity contribution in [1.29, 1.82) is 0 Å². The zero-order chi connectivity index (χ0) is 21.3. The van der Waals surface area contributed by atoms with E-state index in [1.54, 1.807) is 12.4 Å². The first-order valence-electron chi connectivity index (χ1n) is 10.3. The van der Waals surface area contributed by atoms with E-state index < -0.39 is 0 Å². The molecule has 158 valence electrons. The summed E-state index contributed by atoms with van der Waals surface area (Å²) in [6.45, 7) is 2.46. The van der Waals surface area contributed by atoms with E-state index in [0.29, 0.717) is 5.82 Å². The zero-order valence-corrected chi connectivity index (χ0v) is 17.9. The lowest BCUT2D eigenvalue weighted by atomic mass is 10.1. The normalized spacial score (nSPS) is 14.0. The van der Waals surface area contributed by atoms with Crippen molar-refractivity contribution in [1.82, 2.24) is 34.8 Å². The number of para-hydroxylation sites is 2. The maximum Gasteiger partial charge on any atom is 0.174 e. The SMILES string of the molecule is c1ccc2[nH]c(Sc3ccc(CN4CCc5nc(-c6cncnc6)ncc5C4)o3)nc2c1. The maximum atomic E-state index is 6.07. The molecular weight excluding hydrogens is 422 g/mol. The molecule has 32 heavy (non-hydrogen) atoms. The zero-order valence-electron chi connectivity index (χ0n) is 17.1. The van der Waals surface area contributed by atoms with E-state index >= 15 is 0 Å². The molecule has 5 heterocycles. The number of benzene rings is 1. The summed E-state index contributed by atoms with van der Waals surface area (Å²) in [5.41, 5.74) is 5.07. The van der Waals surface area contributed by atoms with Crippen LogP contribution in [-0.2, 0) is 19.5 Å². The second-order valence-corrected chi connectivity index (χ2v) is 8.63. The summed E-state index contributed by atoms with van der Waals surface area (Å²) in [5.74, 6) is 1.61. The summed E-state index contributed by atoms with van der Waals surface area (Å²) >= 11 is 1.50. The molecule has 5 aromatic rings. The minimum absolute atomic E-state index is 0.677. The molecule has 6 rings (SSSR count). The molecule has 0 bridgehead atoms. The molecule has 1 aliphatic rings. The van der Waals surface area contributed by atoms with Gasteiger partial charge < -0.3 is 9.40 Å². The number of aromatic amines is 1. The minimum Gasteiger partial charge on any atom is -0.453 e. The first-order valence-corrected chi connectivity index (χ1v) is 11.2. The topological polar surface area (TPSA) is 96.6 Å². The summed E-state index contributed by atoms with van der Waals surface area (Å²) < 4.78 is 6.07. The van der Waals surface area contributed by atoms with Crippen LogP contribution in [0, 0.1) is 0 Å². The molecule has 0 saturated carbocycles. The van der Waals surface area contributed by atoms with E-state index in [-0.39, 0.29) is 0 Å². The van der Waals surface area contributed by atoms with Gasteiger partial charge in [-0.1, -0.05) is 12.1 Å². The molecule has 0 fully saturated rings. The monoisotopic (exact) mass is 441 g/mol. The highest BCUT2D eigenvalue weighted by molar-refractivity contribution is 7.99. The van der Waals surface area contributed by atoms with Gasteiger partial charge in [0.25, 0.3) is 0 Å². The highest BCUT2D eigenvalue weighted by Gasteiger charge is 2.20. The Labute approximate surface area is 188 Å². The quantitative estimate of drug-likeness (QED) is 0.435. The molecule has 1 aromatic carbocycles. The highest BCUT2D eigenvalue weighted by Crippen LogP contribution is 2.30. The number of rotatable bonds is 5. The van der Waals surface area contributed by atoms with Gasteiger partial charge in [-0.2, -0.15) is 0 Å². The highest BCUT2D eigenvalue weighted by atomic mass is 32.2. The van der Waals surface area contributed by atoms with Gasteiger partial charge in [-0.15, -0.1) is 0 Å². The summed E-state index contributed by atoms with van der Waals surface area (Å²) in [7, 11) is 0. The van der Waals surface area contributed by atoms with E-state index in [1.165, 1.54) is 18.1 Å². The van der Waals surface area contributed by atoms with Gasteiger partial charge in [-0.3, -0.25) is 4.90 Å². The van der Waals surface area contributed by atoms with Crippen LogP contribution in [0.25, 0.3) is 22.4 Å². The number of nitrogens with one attached hydrogen (secondary N) is 1. The average molecular weight is 442 g/mol. The van der Waals surface area contributed by atoms with Gasteiger partial charge in [-0.25, -0.2) is 24.9 Å². The fraction of sp³-hybridized carbons (Fsp3) is 0.174. The fourth-order valence-corrected chi connectivity index (χ4v) is 4.63. The van der Waals surface area contributed by atoms with Crippen LogP contribution in [0.2, 0.25) is 0 Å². The lowest BCUT2D eigenvalue weighted by molar-refractivity contribution is 0.218. The molecule has 0 aliphatic carbocycles. The van der Waals surface area contributed by atoms with Crippen LogP contribution in [0.15, 0.2) is 76.0 Å². The van der Waals surface area contributed by atoms with Crippen molar-refractivity contribution >= 4 is 22.8 Å². The number of fused-ring (bicyclic) bond motifs is 2. The molecule has 8 nitrogen and oxygen atoms in total. The summed E-state index contributed by atoms with van der Waals surface area (Å²) in [4.78, 5) is 27.6. The fourth-order valence-electron chi connectivity index (χ4n) is 3.85. The second kappa shape index (κ2) is 8.18. The second-order valence-electron chi connectivity index (χ2n) is 7.64. The standard InChI is InChI=1S/C23H19N7OS/c1-2-4-20-19(3-1)28-23(29-20)32-21-6-5-17(31-21)13-30-8-7-18-16(12-30)11-26-22(27-18)15-9-24-14-25-10-15/h1-6,9-11,14H,7-8,12-13H2,(H,28,29). The molecule has 1 aliphatic heterocycles. The van der Waals surface area contributed by atoms with Gasteiger partial charge >= 0.3 is 0 Å². The number of H-pyrrole nitrogens is 1. The number of imidazole rings is 1. The first kappa shape index (κ1) is 19.1. The van der Waals surface area contributed by atoms with Crippen molar-refractivity contribution < 1.29 is 4.42 Å². The number of nitrogens with zero attached hydrogens (tertiary/aromatic N) is 6. The van der Waals surface area contributed by atoms with Crippen molar-refractivity contribution in [2.75, 3.05) is 6.54 Å². The van der Waals surface area contributed by atoms with E-state index in [2.05, 4.69) is 29.8 Å². The van der Waals surface area contributed by atoms with Gasteiger partial charge in [0, 0.05) is 43.7 Å². The largest absolute Gasteiger partial charge is 0.453 e. The molecule has 0 spiro atoms. The number of hydrogen-bond donors (Lipinski definition) is 1. The Morgan fingerprint density at radius 3 is 2.84 bits per heavy atom. The van der Waals surface area contributed by atoms with Crippen molar-refractivity contribution in [3.8, 4) is 11.4 Å². The molecule has 0 unspecified atom stereocenters. The van der Waals surface area contributed by atoms with Crippen LogP contribution in [0.4, 0.5) is 0 Å². The van der Waals surface area contributed by atoms with E-state index in [9.17, 15) is 0 Å². The van der Waals surface area contributed by atoms with Crippen LogP contribution in [-0.4, -0.2) is 41.3 Å². The summed E-state index contributed by atoms with van der Waals surface area (Å²) in [6, 6.07) is 12.0. The third-order valence-corrected chi connectivity index (χ3v) is 6.22. The molecule has 9 heteroatoms. The van der Waals surface area contributed by atoms with Crippen molar-refractivity contribution in [2.45, 2.75) is 29.8 Å². The Bertz CT molecular complexity index is 1350. The van der Waals surface area contributed by atoms with Gasteiger partial charge in [-0.05, 0) is 36.0 Å². The van der Waals surface area contributed by atoms with Gasteiger partial charge in [0.15, 0.2) is 16.1 Å². The van der Waals surface area contributed by atoms with Crippen molar-refractivity contribution in [3.05, 3.63) is 78.3 Å². The Morgan fingerprint density at radius 2 is 1.94 bits per heavy atom. The third kappa shape index (κ3) is 3.88. The number of aromatic nitrogens is 6. The smallest absolute Gasteiger partial charge is 0.174 e. The predicted molar refractivity (Wildman–Crippen MR) is 120 cm³/mol. The Kier molecular flexibility index (Phi) is 4.89. The molecular formula is C23H19N7OS. The lowest BCUT2D eigenvalue weighted by Gasteiger charge is -2.27. The van der Waals surface area contributed by atoms with Crippen molar-refractivity contribution in [2.24, 2.45) is 0 Å². The van der Waals surface area contributed by atoms with Gasteiger partial charge in [0.05, 0.1) is 28.8 Å². The first-order chi connectivity index (χ1) is 15.8. The van der Waals surface area contributed by atoms with E-state index in [4.69, 9.17) is 9.40 Å². The summed E-state index contributed by atoms with van der Waals surface area (Å²) in [5, 5.41) is 1.66. The predicted octanol–water partition coefficient (Wildman–Crippen LogP) is 4.11. The van der Waals surface area contributed by atoms with Crippen LogP contribution in [0.1, 0.15) is 17.0 Å². The van der Waals surface area contributed by atoms with Crippen LogP contribution in [0.3, 0.4) is 0 Å². The van der Waals surface area contributed by atoms with E-state index in [0.717, 1.165) is 69.9 Å². The molecule has 0 saturated heterocycles. The molecule has 4 aromatic heterocycles. The Hall–Kier alpha value is -3.56. The van der Waals surface area contributed by atoms with E-state index in [1.807, 2.05) is 42.6 Å². The van der Waals surface area contributed by atoms with Crippen molar-refractivity contribution in [3.63, 3.8) is 0 Å². The molecule has 0 amide bonds. The maximum absolute atomic E-state index is 6.07. The molecule has 0 atom stereocenters. The van der Waals surface area contributed by atoms with Gasteiger partial charge in [0.2, 0.25) is 0 Å². The van der Waals surface area contributed by atoms with Crippen LogP contribution >= 0.6 is 11.8 Å². The average Bonchev–Trinajstić information content (AvgIpc) is 3.45. The lowest BCUT2D eigenvalue weighted by Crippen LogP contribution is -2.30. The molecule has 1 N–H and O–H groups in total. The Balaban J connectivity index is 1.12. The minimum atomic E-state index is 0.677. The van der Waals surface area contributed by atoms with Crippen LogP contribution < -0.4 is 0 Å². The van der Waals surface area contributed by atoms with Crippen LogP contribution in [0.5, 0.6) is 0 Å². The number of furan rings is 1. The number of hydrogen-bond acceptors (Lipinski definition) is 8. The Morgan fingerprint density at radius 1 is 1.03 bits per heavy atom. The third-order valence-electron chi connectivity index (χ3n) is 5.41.